The van der Waals surface area contributed by atoms with E-state index in [-0.39, 0.29) is 0 Å². The van der Waals surface area contributed by atoms with Gasteiger partial charge in [0, 0.05) is 44.1 Å². The maximum Gasteiger partial charge on any atom is 0.0398 e. The fourth-order valence-corrected chi connectivity index (χ4v) is 4.09. The minimum Gasteiger partial charge on any atom is -0.399 e. The van der Waals surface area contributed by atoms with Crippen molar-refractivity contribution in [1.29, 1.82) is 0 Å². The third-order valence-electron chi connectivity index (χ3n) is 5.58. The van der Waals surface area contributed by atoms with E-state index in [2.05, 4.69) is 59.2 Å². The Morgan fingerprint density at radius 2 is 1.75 bits per heavy atom. The molecule has 0 spiro atoms. The molecule has 126 valence electrons. The fraction of sp³-hybridized carbons (Fsp3) is 0.429. The van der Waals surface area contributed by atoms with Gasteiger partial charge in [-0.15, -0.1) is 0 Å². The van der Waals surface area contributed by atoms with Crippen LogP contribution in [0.3, 0.4) is 0 Å². The molecular weight excluding hydrogens is 294 g/mol. The molecule has 1 aliphatic carbocycles. The summed E-state index contributed by atoms with van der Waals surface area (Å²) in [5.41, 5.74) is 10.9. The van der Waals surface area contributed by atoms with Crippen LogP contribution in [-0.4, -0.2) is 37.6 Å². The van der Waals surface area contributed by atoms with Gasteiger partial charge in [-0.1, -0.05) is 30.3 Å². The van der Waals surface area contributed by atoms with Crippen molar-refractivity contribution in [1.82, 2.24) is 4.90 Å². The zero-order valence-electron chi connectivity index (χ0n) is 14.5. The van der Waals surface area contributed by atoms with Crippen LogP contribution in [0.25, 0.3) is 0 Å². The Balaban J connectivity index is 1.29. The summed E-state index contributed by atoms with van der Waals surface area (Å²) in [5, 5.41) is 0. The minimum absolute atomic E-state index is 0.795. The van der Waals surface area contributed by atoms with Gasteiger partial charge in [0.2, 0.25) is 0 Å². The Bertz CT molecular complexity index is 689. The summed E-state index contributed by atoms with van der Waals surface area (Å²) in [6, 6.07) is 17.3. The topological polar surface area (TPSA) is 32.5 Å². The molecule has 1 saturated carbocycles. The molecule has 0 unspecified atom stereocenters. The van der Waals surface area contributed by atoms with Crippen molar-refractivity contribution in [3.05, 3.63) is 59.7 Å². The molecule has 24 heavy (non-hydrogen) atoms. The predicted molar refractivity (Wildman–Crippen MR) is 102 cm³/mol. The smallest absolute Gasteiger partial charge is 0.0398 e. The largest absolute Gasteiger partial charge is 0.399 e. The average molecular weight is 321 g/mol. The molecule has 3 heteroatoms. The molecule has 1 heterocycles. The van der Waals surface area contributed by atoms with E-state index in [1.807, 2.05) is 6.07 Å². The first-order valence-electron chi connectivity index (χ1n) is 9.09. The van der Waals surface area contributed by atoms with Gasteiger partial charge >= 0.3 is 0 Å². The number of benzene rings is 2. The van der Waals surface area contributed by atoms with E-state index >= 15 is 0 Å². The number of hydrogen-bond donors (Lipinski definition) is 1. The first-order chi connectivity index (χ1) is 11.7. The zero-order chi connectivity index (χ0) is 16.5. The van der Waals surface area contributed by atoms with Crippen LogP contribution in [0, 0.1) is 12.8 Å². The van der Waals surface area contributed by atoms with Crippen LogP contribution in [-0.2, 0) is 0 Å². The van der Waals surface area contributed by atoms with Crippen LogP contribution < -0.4 is 10.6 Å². The number of rotatable bonds is 4. The quantitative estimate of drug-likeness (QED) is 0.875. The van der Waals surface area contributed by atoms with E-state index in [1.54, 1.807) is 0 Å². The Labute approximate surface area is 145 Å². The van der Waals surface area contributed by atoms with Crippen molar-refractivity contribution in [2.75, 3.05) is 43.4 Å². The molecule has 2 N–H and O–H groups in total. The summed E-state index contributed by atoms with van der Waals surface area (Å²) in [6.45, 7) is 7.99. The van der Waals surface area contributed by atoms with Crippen molar-refractivity contribution in [3.63, 3.8) is 0 Å². The van der Waals surface area contributed by atoms with Crippen molar-refractivity contribution in [2.45, 2.75) is 19.3 Å². The molecule has 2 atom stereocenters. The molecule has 0 radical (unpaired) electrons. The second kappa shape index (κ2) is 6.48. The normalized spacial score (nSPS) is 24.1. The number of anilines is 2. The number of hydrogen-bond acceptors (Lipinski definition) is 3. The molecule has 3 nitrogen and oxygen atoms in total. The Hall–Kier alpha value is -2.00. The van der Waals surface area contributed by atoms with E-state index in [4.69, 9.17) is 5.73 Å². The van der Waals surface area contributed by atoms with Crippen LogP contribution in [0.4, 0.5) is 11.4 Å². The molecule has 2 fully saturated rings. The molecule has 2 aliphatic rings. The first kappa shape index (κ1) is 15.5. The molecule has 0 bridgehead atoms. The number of nitrogen functional groups attached to an aromatic ring is 1. The monoisotopic (exact) mass is 321 g/mol. The zero-order valence-corrected chi connectivity index (χ0v) is 14.5. The second-order valence-corrected chi connectivity index (χ2v) is 7.35. The summed E-state index contributed by atoms with van der Waals surface area (Å²) in [4.78, 5) is 5.16. The van der Waals surface area contributed by atoms with Crippen molar-refractivity contribution >= 4 is 11.4 Å². The van der Waals surface area contributed by atoms with Gasteiger partial charge in [0.05, 0.1) is 0 Å². The van der Waals surface area contributed by atoms with E-state index in [0.717, 1.165) is 30.6 Å². The van der Waals surface area contributed by atoms with E-state index < -0.39 is 0 Å². The summed E-state index contributed by atoms with van der Waals surface area (Å²) < 4.78 is 0. The van der Waals surface area contributed by atoms with Crippen LogP contribution in [0.1, 0.15) is 23.5 Å². The van der Waals surface area contributed by atoms with Crippen LogP contribution in [0.5, 0.6) is 0 Å². The van der Waals surface area contributed by atoms with E-state index in [0.29, 0.717) is 0 Å². The van der Waals surface area contributed by atoms with Gasteiger partial charge in [0.15, 0.2) is 0 Å². The summed E-state index contributed by atoms with van der Waals surface area (Å²) in [7, 11) is 0. The summed E-state index contributed by atoms with van der Waals surface area (Å²) in [5.74, 6) is 1.65. The Morgan fingerprint density at radius 1 is 1.00 bits per heavy atom. The minimum atomic E-state index is 0.795. The van der Waals surface area contributed by atoms with E-state index in [1.165, 1.54) is 42.9 Å². The highest BCUT2D eigenvalue weighted by Gasteiger charge is 2.39. The third kappa shape index (κ3) is 3.27. The molecule has 4 rings (SSSR count). The highest BCUT2D eigenvalue weighted by Crippen LogP contribution is 2.47. The lowest BCUT2D eigenvalue weighted by Crippen LogP contribution is -2.47. The Kier molecular flexibility index (Phi) is 4.19. The summed E-state index contributed by atoms with van der Waals surface area (Å²) in [6.07, 6.45) is 1.36. The van der Waals surface area contributed by atoms with Gasteiger partial charge in [0.1, 0.15) is 0 Å². The van der Waals surface area contributed by atoms with Gasteiger partial charge in [-0.2, -0.15) is 0 Å². The number of nitrogens with two attached hydrogens (primary N) is 1. The Morgan fingerprint density at radius 3 is 2.46 bits per heavy atom. The molecule has 1 aliphatic heterocycles. The van der Waals surface area contributed by atoms with Gasteiger partial charge in [0.25, 0.3) is 0 Å². The van der Waals surface area contributed by atoms with E-state index in [9.17, 15) is 0 Å². The predicted octanol–water partition coefficient (Wildman–Crippen LogP) is 3.50. The van der Waals surface area contributed by atoms with Gasteiger partial charge in [-0.05, 0) is 54.5 Å². The first-order valence-corrected chi connectivity index (χ1v) is 9.09. The SMILES string of the molecule is Cc1cc(N)ccc1N1CCN(C[C@H]2C[C@@H]2c2ccccc2)CC1. The van der Waals surface area contributed by atoms with Crippen molar-refractivity contribution in [3.8, 4) is 0 Å². The van der Waals surface area contributed by atoms with Crippen molar-refractivity contribution in [2.24, 2.45) is 5.92 Å². The molecular formula is C21H27N3. The fourth-order valence-electron chi connectivity index (χ4n) is 4.09. The third-order valence-corrected chi connectivity index (χ3v) is 5.58. The maximum atomic E-state index is 5.88. The number of piperazine rings is 1. The maximum absolute atomic E-state index is 5.88. The van der Waals surface area contributed by atoms with Crippen LogP contribution in [0.15, 0.2) is 48.5 Å². The summed E-state index contributed by atoms with van der Waals surface area (Å²) >= 11 is 0. The highest BCUT2D eigenvalue weighted by atomic mass is 15.3. The lowest BCUT2D eigenvalue weighted by molar-refractivity contribution is 0.246. The number of nitrogens with zero attached hydrogens (tertiary/aromatic N) is 2. The van der Waals surface area contributed by atoms with Crippen molar-refractivity contribution < 1.29 is 0 Å². The number of aryl methyl sites for hydroxylation is 1. The molecule has 0 amide bonds. The lowest BCUT2D eigenvalue weighted by Gasteiger charge is -2.37. The highest BCUT2D eigenvalue weighted by molar-refractivity contribution is 5.59. The average Bonchev–Trinajstić information content (AvgIpc) is 3.36. The van der Waals surface area contributed by atoms with Crippen LogP contribution >= 0.6 is 0 Å². The second-order valence-electron chi connectivity index (χ2n) is 7.35. The van der Waals surface area contributed by atoms with Gasteiger partial charge in [-0.25, -0.2) is 0 Å². The molecule has 0 aromatic heterocycles. The lowest BCUT2D eigenvalue weighted by atomic mass is 10.1. The molecule has 2 aromatic rings. The molecule has 1 saturated heterocycles. The van der Waals surface area contributed by atoms with Crippen LogP contribution in [0.2, 0.25) is 0 Å². The standard InChI is InChI=1S/C21H27N3/c1-16-13-19(22)7-8-21(16)24-11-9-23(10-12-24)15-18-14-20(18)17-5-3-2-4-6-17/h2-8,13,18,20H,9-12,14-15,22H2,1H3/t18-,20-/m1/s1. The van der Waals surface area contributed by atoms with Gasteiger partial charge in [-0.3, -0.25) is 4.90 Å². The van der Waals surface area contributed by atoms with Gasteiger partial charge < -0.3 is 10.6 Å². The molecule has 2 aromatic carbocycles.